The molecule has 0 atom stereocenters. The fourth-order valence-corrected chi connectivity index (χ4v) is 2.18. The second-order valence-electron chi connectivity index (χ2n) is 5.44. The van der Waals surface area contributed by atoms with E-state index in [-0.39, 0.29) is 12.0 Å². The zero-order chi connectivity index (χ0) is 17.8. The first-order chi connectivity index (χ1) is 12.0. The molecule has 3 aromatic heterocycles. The molecule has 2 N–H and O–H groups in total. The number of pyridine rings is 2. The summed E-state index contributed by atoms with van der Waals surface area (Å²) in [5, 5.41) is 6.39. The van der Waals surface area contributed by atoms with Crippen molar-refractivity contribution in [3.63, 3.8) is 0 Å². The van der Waals surface area contributed by atoms with Gasteiger partial charge in [0.25, 0.3) is 0 Å². The molecule has 0 saturated heterocycles. The number of anilines is 3. The number of aromatic nitrogens is 5. The van der Waals surface area contributed by atoms with Crippen LogP contribution in [0.15, 0.2) is 36.5 Å². The molecule has 0 radical (unpaired) electrons. The van der Waals surface area contributed by atoms with Gasteiger partial charge in [0.2, 0.25) is 17.8 Å². The highest BCUT2D eigenvalue weighted by molar-refractivity contribution is 6.29. The Kier molecular flexibility index (Phi) is 4.99. The molecule has 3 rings (SSSR count). The lowest BCUT2D eigenvalue weighted by molar-refractivity contribution is 0.584. The minimum absolute atomic E-state index is 0.119. The van der Waals surface area contributed by atoms with Crippen LogP contribution in [0.1, 0.15) is 13.8 Å². The monoisotopic (exact) mass is 359 g/mol. The van der Waals surface area contributed by atoms with E-state index >= 15 is 0 Å². The predicted molar refractivity (Wildman–Crippen MR) is 94.3 cm³/mol. The van der Waals surface area contributed by atoms with Crippen molar-refractivity contribution < 1.29 is 4.39 Å². The number of hydrogen-bond acceptors (Lipinski definition) is 7. The molecule has 0 unspecified atom stereocenters. The molecule has 7 nitrogen and oxygen atoms in total. The Morgan fingerprint density at radius 3 is 2.56 bits per heavy atom. The molecule has 9 heteroatoms. The minimum atomic E-state index is -0.601. The highest BCUT2D eigenvalue weighted by atomic mass is 35.5. The molecule has 0 amide bonds. The lowest BCUT2D eigenvalue weighted by Gasteiger charge is -2.12. The Morgan fingerprint density at radius 2 is 1.84 bits per heavy atom. The van der Waals surface area contributed by atoms with Crippen LogP contribution >= 0.6 is 11.6 Å². The Morgan fingerprint density at radius 1 is 1.04 bits per heavy atom. The minimum Gasteiger partial charge on any atom is -0.352 e. The van der Waals surface area contributed by atoms with Crippen LogP contribution < -0.4 is 10.6 Å². The number of nitrogens with one attached hydrogen (secondary N) is 2. The van der Waals surface area contributed by atoms with Crippen molar-refractivity contribution in [3.8, 4) is 11.5 Å². The smallest absolute Gasteiger partial charge is 0.232 e. The Bertz CT molecular complexity index is 888. The maximum atomic E-state index is 13.3. The fourth-order valence-electron chi connectivity index (χ4n) is 2.01. The summed E-state index contributed by atoms with van der Waals surface area (Å²) in [6.45, 7) is 3.93. The average Bonchev–Trinajstić information content (AvgIpc) is 2.54. The molecule has 3 aromatic rings. The molecular weight excluding hydrogens is 345 g/mol. The third-order valence-electron chi connectivity index (χ3n) is 2.98. The van der Waals surface area contributed by atoms with Crippen LogP contribution in [0.3, 0.4) is 0 Å². The van der Waals surface area contributed by atoms with Crippen LogP contribution in [0, 0.1) is 5.95 Å². The van der Waals surface area contributed by atoms with Crippen molar-refractivity contribution in [2.45, 2.75) is 19.9 Å². The zero-order valence-corrected chi connectivity index (χ0v) is 14.3. The number of nitrogens with zero attached hydrogens (tertiary/aromatic N) is 5. The first kappa shape index (κ1) is 17.0. The topological polar surface area (TPSA) is 88.5 Å². The van der Waals surface area contributed by atoms with Gasteiger partial charge in [0, 0.05) is 24.0 Å². The Balaban J connectivity index is 2.00. The van der Waals surface area contributed by atoms with E-state index in [1.165, 1.54) is 12.3 Å². The third kappa shape index (κ3) is 4.57. The molecule has 0 aliphatic heterocycles. The zero-order valence-electron chi connectivity index (χ0n) is 13.5. The SMILES string of the molecule is CC(C)Nc1nc(Nc2ccnc(F)c2)nc(-c2cccc(Cl)n2)n1. The van der Waals surface area contributed by atoms with Gasteiger partial charge in [-0.2, -0.15) is 19.3 Å². The standard InChI is InChI=1S/C16H15ClFN7/c1-9(2)20-15-23-14(11-4-3-5-12(17)22-11)24-16(25-15)21-10-6-7-19-13(18)8-10/h3-9H,1-2H3,(H2,19,20,21,23,24,25). The van der Waals surface area contributed by atoms with E-state index in [0.29, 0.717) is 28.3 Å². The van der Waals surface area contributed by atoms with Crippen LogP contribution in [-0.4, -0.2) is 31.0 Å². The second-order valence-corrected chi connectivity index (χ2v) is 5.83. The predicted octanol–water partition coefficient (Wildman–Crippen LogP) is 3.69. The van der Waals surface area contributed by atoms with Gasteiger partial charge in [0.15, 0.2) is 5.82 Å². The van der Waals surface area contributed by atoms with Crippen molar-refractivity contribution in [2.75, 3.05) is 10.6 Å². The molecule has 0 spiro atoms. The molecule has 0 aliphatic carbocycles. The summed E-state index contributed by atoms with van der Waals surface area (Å²) >= 11 is 5.94. The summed E-state index contributed by atoms with van der Waals surface area (Å²) in [6.07, 6.45) is 1.35. The first-order valence-corrected chi connectivity index (χ1v) is 7.91. The highest BCUT2D eigenvalue weighted by Gasteiger charge is 2.11. The molecule has 0 aliphatic rings. The molecule has 0 aromatic carbocycles. The van der Waals surface area contributed by atoms with Gasteiger partial charge in [-0.05, 0) is 32.0 Å². The van der Waals surface area contributed by atoms with Crippen LogP contribution in [0.25, 0.3) is 11.5 Å². The van der Waals surface area contributed by atoms with Gasteiger partial charge in [-0.25, -0.2) is 9.97 Å². The van der Waals surface area contributed by atoms with Crippen LogP contribution in [0.5, 0.6) is 0 Å². The van der Waals surface area contributed by atoms with Gasteiger partial charge in [-0.15, -0.1) is 0 Å². The van der Waals surface area contributed by atoms with E-state index in [0.717, 1.165) is 0 Å². The van der Waals surface area contributed by atoms with Crippen molar-refractivity contribution in [3.05, 3.63) is 47.6 Å². The maximum absolute atomic E-state index is 13.3. The summed E-state index contributed by atoms with van der Waals surface area (Å²) in [7, 11) is 0. The van der Waals surface area contributed by atoms with E-state index in [9.17, 15) is 4.39 Å². The molecule has 0 bridgehead atoms. The van der Waals surface area contributed by atoms with Crippen molar-refractivity contribution in [2.24, 2.45) is 0 Å². The van der Waals surface area contributed by atoms with E-state index in [1.54, 1.807) is 24.3 Å². The second kappa shape index (κ2) is 7.35. The quantitative estimate of drug-likeness (QED) is 0.671. The Labute approximate surface area is 148 Å². The van der Waals surface area contributed by atoms with E-state index in [2.05, 4.69) is 35.6 Å². The van der Waals surface area contributed by atoms with Crippen LogP contribution in [0.2, 0.25) is 5.15 Å². The highest BCUT2D eigenvalue weighted by Crippen LogP contribution is 2.20. The average molecular weight is 360 g/mol. The fraction of sp³-hybridized carbons (Fsp3) is 0.188. The van der Waals surface area contributed by atoms with E-state index in [1.807, 2.05) is 13.8 Å². The van der Waals surface area contributed by atoms with E-state index in [4.69, 9.17) is 11.6 Å². The third-order valence-corrected chi connectivity index (χ3v) is 3.19. The van der Waals surface area contributed by atoms with Gasteiger partial charge in [-0.3, -0.25) is 0 Å². The first-order valence-electron chi connectivity index (χ1n) is 7.54. The number of hydrogen-bond donors (Lipinski definition) is 2. The summed E-state index contributed by atoms with van der Waals surface area (Å²) in [4.78, 5) is 20.7. The molecule has 0 fully saturated rings. The molecule has 3 heterocycles. The van der Waals surface area contributed by atoms with Gasteiger partial charge in [0.05, 0.1) is 0 Å². The number of halogens is 2. The van der Waals surface area contributed by atoms with Gasteiger partial charge in [0.1, 0.15) is 10.8 Å². The summed E-state index contributed by atoms with van der Waals surface area (Å²) in [6, 6.07) is 8.15. The summed E-state index contributed by atoms with van der Waals surface area (Å²) in [5.41, 5.74) is 0.977. The molecule has 128 valence electrons. The number of rotatable bonds is 5. The van der Waals surface area contributed by atoms with Crippen molar-refractivity contribution in [1.29, 1.82) is 0 Å². The summed E-state index contributed by atoms with van der Waals surface area (Å²) in [5.74, 6) is 0.369. The summed E-state index contributed by atoms with van der Waals surface area (Å²) < 4.78 is 13.3. The largest absolute Gasteiger partial charge is 0.352 e. The lowest BCUT2D eigenvalue weighted by Crippen LogP contribution is -2.14. The van der Waals surface area contributed by atoms with Crippen molar-refractivity contribution in [1.82, 2.24) is 24.9 Å². The van der Waals surface area contributed by atoms with Crippen LogP contribution in [-0.2, 0) is 0 Å². The van der Waals surface area contributed by atoms with E-state index < -0.39 is 5.95 Å². The molecule has 25 heavy (non-hydrogen) atoms. The molecular formula is C16H15ClFN7. The maximum Gasteiger partial charge on any atom is 0.232 e. The van der Waals surface area contributed by atoms with Gasteiger partial charge >= 0.3 is 0 Å². The lowest BCUT2D eigenvalue weighted by atomic mass is 10.3. The Hall–Kier alpha value is -2.87. The molecule has 0 saturated carbocycles. The van der Waals surface area contributed by atoms with Crippen molar-refractivity contribution >= 4 is 29.2 Å². The van der Waals surface area contributed by atoms with Gasteiger partial charge in [-0.1, -0.05) is 17.7 Å². The van der Waals surface area contributed by atoms with Crippen LogP contribution in [0.4, 0.5) is 22.0 Å². The normalized spacial score (nSPS) is 10.8. The van der Waals surface area contributed by atoms with Gasteiger partial charge < -0.3 is 10.6 Å².